The zero-order valence-electron chi connectivity index (χ0n) is 2.63. The second kappa shape index (κ2) is 27.1. The maximum absolute atomic E-state index is 8.50. The minimum absolute atomic E-state index is 0. The third kappa shape index (κ3) is 34.9. The summed E-state index contributed by atoms with van der Waals surface area (Å²) >= 11 is -1.67. The van der Waals surface area contributed by atoms with Gasteiger partial charge < -0.3 is 0 Å². The molecular weight excluding hydrogens is 420 g/mol. The van der Waals surface area contributed by atoms with E-state index in [1.807, 2.05) is 0 Å². The first kappa shape index (κ1) is 15.7. The Morgan fingerprint density at radius 2 is 1.17 bits per heavy atom. The molecule has 0 radical (unpaired) electrons. The van der Waals surface area contributed by atoms with Crippen LogP contribution in [0.1, 0.15) is 0 Å². The van der Waals surface area contributed by atoms with Gasteiger partial charge in [-0.05, 0) is 0 Å². The van der Waals surface area contributed by atoms with Crippen LogP contribution in [-0.2, 0) is 48.9 Å². The zero-order chi connectivity index (χ0) is 4.71. The summed E-state index contributed by atoms with van der Waals surface area (Å²) in [6.07, 6.45) is 0. The molecule has 0 heterocycles. The molecule has 0 atom stereocenters. The summed E-state index contributed by atoms with van der Waals surface area (Å²) in [6.45, 7) is 0. The van der Waals surface area contributed by atoms with E-state index in [0.717, 1.165) is 0 Å². The summed E-state index contributed by atoms with van der Waals surface area (Å²) in [7, 11) is 0. The Morgan fingerprint density at radius 1 is 1.17 bits per heavy atom. The number of hydrogen-bond donors (Lipinski definition) is 0. The first-order valence-electron chi connectivity index (χ1n) is 0.575. The van der Waals surface area contributed by atoms with Gasteiger partial charge in [-0.25, -0.2) is 0 Å². The molecule has 0 rings (SSSR count). The van der Waals surface area contributed by atoms with Crippen LogP contribution in [0.3, 0.4) is 0 Å². The van der Waals surface area contributed by atoms with E-state index >= 15 is 0 Å². The first-order chi connectivity index (χ1) is 2.41. The van der Waals surface area contributed by atoms with Crippen molar-refractivity contribution in [1.29, 1.82) is 0 Å². The maximum atomic E-state index is 8.50. The van der Waals surface area contributed by atoms with Crippen molar-refractivity contribution in [3.05, 3.63) is 0 Å². The van der Waals surface area contributed by atoms with Crippen molar-refractivity contribution in [2.24, 2.45) is 0 Å². The van der Waals surface area contributed by atoms with Gasteiger partial charge >= 0.3 is 48.9 Å². The van der Waals surface area contributed by atoms with Crippen LogP contribution in [0.25, 0.3) is 0 Å². The molecule has 0 bridgehead atoms. The Labute approximate surface area is 88.8 Å². The predicted octanol–water partition coefficient (Wildman–Crippen LogP) is -0.361. The van der Waals surface area contributed by atoms with Crippen LogP contribution >= 0.6 is 0 Å². The molecule has 0 unspecified atom stereocenters. The van der Waals surface area contributed by atoms with Crippen LogP contribution in [0.15, 0.2) is 0 Å². The Morgan fingerprint density at radius 3 is 1.17 bits per heavy atom. The zero-order valence-corrected chi connectivity index (χ0v) is 10.3. The first-order valence-corrected chi connectivity index (χ1v) is 3.05. The average Bonchev–Trinajstić information content (AvgIpc) is 1.46. The molecule has 32 valence electrons. The van der Waals surface area contributed by atoms with Gasteiger partial charge in [0.15, 0.2) is 0 Å². The Bertz CT molecular complexity index is 40.1. The standard InChI is InChI=1S/Ce.3O.Ti.W. The summed E-state index contributed by atoms with van der Waals surface area (Å²) < 4.78 is 25.3. The van der Waals surface area contributed by atoms with E-state index in [1.54, 1.807) is 0 Å². The van der Waals surface area contributed by atoms with Gasteiger partial charge in [0.25, 0.3) is 0 Å². The van der Waals surface area contributed by atoms with Gasteiger partial charge in [0.2, 0.25) is 0 Å². The van der Waals surface area contributed by atoms with Crippen molar-refractivity contribution in [3.63, 3.8) is 0 Å². The summed E-state index contributed by atoms with van der Waals surface area (Å²) in [5.41, 5.74) is 0. The van der Waals surface area contributed by atoms with Crippen LogP contribution in [0, 0.1) is 41.7 Å². The molecule has 0 saturated heterocycles. The predicted molar refractivity (Wildman–Crippen MR) is 2.06 cm³/mol. The SMILES string of the molecule is [Ce].[O]=[Ti]=[O].[O]=[W]. The second-order valence-electron chi connectivity index (χ2n) is 0.0833. The van der Waals surface area contributed by atoms with Crippen LogP contribution in [0.5, 0.6) is 0 Å². The van der Waals surface area contributed by atoms with Crippen LogP contribution in [0.4, 0.5) is 0 Å². The summed E-state index contributed by atoms with van der Waals surface area (Å²) in [6, 6.07) is 0. The molecule has 0 saturated carbocycles. The fourth-order valence-electron chi connectivity index (χ4n) is 0. The van der Waals surface area contributed by atoms with Crippen molar-refractivity contribution in [1.82, 2.24) is 0 Å². The molecule has 0 aromatic rings. The molecule has 6 heavy (non-hydrogen) atoms. The molecule has 0 amide bonds. The summed E-state index contributed by atoms with van der Waals surface area (Å²) in [5, 5.41) is 0. The van der Waals surface area contributed by atoms with E-state index < -0.39 is 19.1 Å². The Hall–Kier alpha value is 2.18. The van der Waals surface area contributed by atoms with Crippen molar-refractivity contribution < 1.29 is 90.7 Å². The third-order valence-electron chi connectivity index (χ3n) is 0. The van der Waals surface area contributed by atoms with Crippen LogP contribution < -0.4 is 0 Å². The van der Waals surface area contributed by atoms with E-state index in [-0.39, 0.29) is 41.7 Å². The number of hydrogen-bond acceptors (Lipinski definition) is 3. The van der Waals surface area contributed by atoms with Gasteiger partial charge in [-0.15, -0.1) is 0 Å². The molecule has 3 nitrogen and oxygen atoms in total. The molecule has 0 aliphatic carbocycles. The van der Waals surface area contributed by atoms with Gasteiger partial charge in [-0.2, -0.15) is 0 Å². The molecule has 0 spiro atoms. The fourth-order valence-corrected chi connectivity index (χ4v) is 0. The van der Waals surface area contributed by atoms with Gasteiger partial charge in [-0.3, -0.25) is 0 Å². The quantitative estimate of drug-likeness (QED) is 0.504. The van der Waals surface area contributed by atoms with E-state index in [1.165, 1.54) is 0 Å². The summed E-state index contributed by atoms with van der Waals surface area (Å²) in [4.78, 5) is 0. The molecule has 0 aromatic heterocycles. The minimum atomic E-state index is -2.00. The van der Waals surface area contributed by atoms with Crippen LogP contribution in [-0.4, -0.2) is 0 Å². The molecule has 0 aliphatic heterocycles. The van der Waals surface area contributed by atoms with Gasteiger partial charge in [-0.1, -0.05) is 0 Å². The monoisotopic (exact) mass is 420 g/mol. The van der Waals surface area contributed by atoms with E-state index in [0.29, 0.717) is 19.8 Å². The van der Waals surface area contributed by atoms with Crippen LogP contribution in [0.2, 0.25) is 0 Å². The molecule has 0 N–H and O–H groups in total. The summed E-state index contributed by atoms with van der Waals surface area (Å²) in [5.74, 6) is 0. The normalized spacial score (nSPS) is 2.00. The van der Waals surface area contributed by atoms with Crippen molar-refractivity contribution in [2.45, 2.75) is 0 Å². The molecular formula is CeO3TiW. The van der Waals surface area contributed by atoms with Gasteiger partial charge in [0.1, 0.15) is 0 Å². The van der Waals surface area contributed by atoms with E-state index in [2.05, 4.69) is 0 Å². The topological polar surface area (TPSA) is 51.2 Å². The van der Waals surface area contributed by atoms with Crippen molar-refractivity contribution in [2.75, 3.05) is 0 Å². The fraction of sp³-hybridized carbons (Fsp3) is 0. The molecule has 6 heteroatoms. The molecule has 0 aliphatic rings. The van der Waals surface area contributed by atoms with E-state index in [9.17, 15) is 0 Å². The molecule has 0 fully saturated rings. The Kier molecular flexibility index (Phi) is 71.0. The van der Waals surface area contributed by atoms with Crippen molar-refractivity contribution >= 4 is 0 Å². The molecule has 0 aromatic carbocycles. The Balaban J connectivity index is -0.0000000275. The average molecular weight is 420 g/mol. The van der Waals surface area contributed by atoms with Gasteiger partial charge in [0, 0.05) is 41.7 Å². The van der Waals surface area contributed by atoms with Crippen molar-refractivity contribution in [3.8, 4) is 0 Å². The van der Waals surface area contributed by atoms with E-state index in [4.69, 9.17) is 10.0 Å². The second-order valence-corrected chi connectivity index (χ2v) is 0.344. The number of rotatable bonds is 0. The van der Waals surface area contributed by atoms with Gasteiger partial charge in [0.05, 0.1) is 0 Å². The third-order valence-corrected chi connectivity index (χ3v) is 0.